The average Bonchev–Trinajstić information content (AvgIpc) is 3.10. The van der Waals surface area contributed by atoms with Crippen molar-refractivity contribution in [1.82, 2.24) is 24.7 Å². The summed E-state index contributed by atoms with van der Waals surface area (Å²) in [5.41, 5.74) is 0.778. The third kappa shape index (κ3) is 2.12. The van der Waals surface area contributed by atoms with Gasteiger partial charge in [-0.2, -0.15) is 4.52 Å². The first kappa shape index (κ1) is 13.5. The second-order valence-electron chi connectivity index (χ2n) is 6.38. The summed E-state index contributed by atoms with van der Waals surface area (Å²) in [6.45, 7) is 0.865. The lowest BCUT2D eigenvalue weighted by Gasteiger charge is -2.26. The quantitative estimate of drug-likeness (QED) is 0.848. The summed E-state index contributed by atoms with van der Waals surface area (Å²) >= 11 is 0. The summed E-state index contributed by atoms with van der Waals surface area (Å²) in [5.74, 6) is 2.43. The van der Waals surface area contributed by atoms with Crippen molar-refractivity contribution in [3.63, 3.8) is 0 Å². The molecule has 2 fully saturated rings. The van der Waals surface area contributed by atoms with Gasteiger partial charge in [0.2, 0.25) is 5.91 Å². The largest absolute Gasteiger partial charge is 0.347 e. The van der Waals surface area contributed by atoms with Crippen molar-refractivity contribution in [1.29, 1.82) is 0 Å². The van der Waals surface area contributed by atoms with Gasteiger partial charge in [-0.15, -0.1) is 15.3 Å². The van der Waals surface area contributed by atoms with Crippen LogP contribution in [0.5, 0.6) is 0 Å². The van der Waals surface area contributed by atoms with E-state index >= 15 is 0 Å². The van der Waals surface area contributed by atoms with Crippen LogP contribution in [0.1, 0.15) is 37.4 Å². The Balaban J connectivity index is 1.70. The van der Waals surface area contributed by atoms with Gasteiger partial charge in [-0.1, -0.05) is 0 Å². The fourth-order valence-corrected chi connectivity index (χ4v) is 3.14. The summed E-state index contributed by atoms with van der Waals surface area (Å²) in [6.07, 6.45) is 4.23. The number of hydrogen-bond acceptors (Lipinski definition) is 5. The number of carbonyl (C=O) groups excluding carboxylic acids is 1. The Morgan fingerprint density at radius 2 is 2.05 bits per heavy atom. The zero-order chi connectivity index (χ0) is 15.3. The van der Waals surface area contributed by atoms with E-state index in [1.807, 2.05) is 16.6 Å². The number of nitrogens with zero attached hydrogens (tertiary/aromatic N) is 6. The van der Waals surface area contributed by atoms with Crippen molar-refractivity contribution >= 4 is 17.4 Å². The molecular weight excluding hydrogens is 280 g/mol. The number of rotatable bonds is 3. The molecule has 2 aromatic rings. The van der Waals surface area contributed by atoms with Gasteiger partial charge in [-0.3, -0.25) is 4.79 Å². The molecule has 1 saturated carbocycles. The standard InChI is InChI=1S/C15H20N6O/c1-19(2)15(22)11-4-3-9-20(11)13-8-7-12-16-17-14(10-5-6-10)21(12)18-13/h7-8,10-11H,3-6,9H2,1-2H3/t11-/m1/s1. The molecule has 1 aliphatic heterocycles. The van der Waals surface area contributed by atoms with Crippen molar-refractivity contribution in [3.8, 4) is 0 Å². The highest BCUT2D eigenvalue weighted by Crippen LogP contribution is 2.39. The van der Waals surface area contributed by atoms with Gasteiger partial charge < -0.3 is 9.80 Å². The van der Waals surface area contributed by atoms with E-state index in [2.05, 4.69) is 15.1 Å². The molecule has 0 spiro atoms. The molecule has 7 heteroatoms. The highest BCUT2D eigenvalue weighted by Gasteiger charge is 2.34. The first-order valence-corrected chi connectivity index (χ1v) is 7.85. The lowest BCUT2D eigenvalue weighted by Crippen LogP contribution is -2.43. The zero-order valence-corrected chi connectivity index (χ0v) is 12.9. The third-order valence-electron chi connectivity index (χ3n) is 4.49. The lowest BCUT2D eigenvalue weighted by atomic mass is 10.2. The van der Waals surface area contributed by atoms with Crippen LogP contribution >= 0.6 is 0 Å². The Kier molecular flexibility index (Phi) is 3.02. The summed E-state index contributed by atoms with van der Waals surface area (Å²) < 4.78 is 1.85. The zero-order valence-electron chi connectivity index (χ0n) is 12.9. The number of aromatic nitrogens is 4. The Morgan fingerprint density at radius 3 is 2.77 bits per heavy atom. The predicted molar refractivity (Wildman–Crippen MR) is 81.8 cm³/mol. The molecule has 0 bridgehead atoms. The molecule has 2 aliphatic rings. The van der Waals surface area contributed by atoms with Crippen molar-refractivity contribution in [3.05, 3.63) is 18.0 Å². The molecule has 1 aliphatic carbocycles. The minimum atomic E-state index is -0.110. The smallest absolute Gasteiger partial charge is 0.244 e. The molecule has 1 atom stereocenters. The highest BCUT2D eigenvalue weighted by molar-refractivity contribution is 5.85. The second-order valence-corrected chi connectivity index (χ2v) is 6.38. The van der Waals surface area contributed by atoms with E-state index < -0.39 is 0 Å². The predicted octanol–water partition coefficient (Wildman–Crippen LogP) is 1.06. The van der Waals surface area contributed by atoms with Crippen LogP contribution in [-0.4, -0.2) is 57.3 Å². The first-order chi connectivity index (χ1) is 10.6. The topological polar surface area (TPSA) is 66.6 Å². The number of hydrogen-bond donors (Lipinski definition) is 0. The van der Waals surface area contributed by atoms with E-state index in [9.17, 15) is 4.79 Å². The number of amides is 1. The molecule has 1 amide bonds. The van der Waals surface area contributed by atoms with E-state index in [0.29, 0.717) is 5.92 Å². The molecular formula is C15H20N6O. The number of fused-ring (bicyclic) bond motifs is 1. The van der Waals surface area contributed by atoms with Crippen LogP contribution in [0, 0.1) is 0 Å². The molecule has 3 heterocycles. The molecule has 4 rings (SSSR count). The Hall–Kier alpha value is -2.18. The third-order valence-corrected chi connectivity index (χ3v) is 4.49. The van der Waals surface area contributed by atoms with Crippen LogP contribution in [0.15, 0.2) is 12.1 Å². The minimum absolute atomic E-state index is 0.110. The molecule has 0 N–H and O–H groups in total. The van der Waals surface area contributed by atoms with Crippen molar-refractivity contribution in [2.75, 3.05) is 25.5 Å². The van der Waals surface area contributed by atoms with Crippen molar-refractivity contribution < 1.29 is 4.79 Å². The van der Waals surface area contributed by atoms with E-state index in [4.69, 9.17) is 5.10 Å². The maximum atomic E-state index is 12.4. The number of anilines is 1. The monoisotopic (exact) mass is 300 g/mol. The molecule has 0 radical (unpaired) electrons. The average molecular weight is 300 g/mol. The fraction of sp³-hybridized carbons (Fsp3) is 0.600. The summed E-state index contributed by atoms with van der Waals surface area (Å²) in [4.78, 5) is 16.1. The van der Waals surface area contributed by atoms with E-state index in [0.717, 1.165) is 49.5 Å². The Bertz CT molecular complexity index is 720. The van der Waals surface area contributed by atoms with Crippen molar-refractivity contribution in [2.45, 2.75) is 37.6 Å². The Morgan fingerprint density at radius 1 is 1.23 bits per heavy atom. The molecule has 2 aromatic heterocycles. The normalized spacial score (nSPS) is 21.5. The van der Waals surface area contributed by atoms with Gasteiger partial charge in [-0.25, -0.2) is 0 Å². The van der Waals surface area contributed by atoms with E-state index in [1.165, 1.54) is 0 Å². The fourth-order valence-electron chi connectivity index (χ4n) is 3.14. The molecule has 116 valence electrons. The summed E-state index contributed by atoms with van der Waals surface area (Å²) in [6, 6.07) is 3.78. The van der Waals surface area contributed by atoms with E-state index in [1.54, 1.807) is 19.0 Å². The van der Waals surface area contributed by atoms with Crippen LogP contribution in [0.4, 0.5) is 5.82 Å². The van der Waals surface area contributed by atoms with Crippen LogP contribution in [-0.2, 0) is 4.79 Å². The van der Waals surface area contributed by atoms with Gasteiger partial charge in [0, 0.05) is 26.6 Å². The SMILES string of the molecule is CN(C)C(=O)[C@H]1CCCN1c1ccc2nnc(C3CC3)n2n1. The maximum Gasteiger partial charge on any atom is 0.244 e. The first-order valence-electron chi connectivity index (χ1n) is 7.85. The second kappa shape index (κ2) is 4.93. The van der Waals surface area contributed by atoms with Crippen molar-refractivity contribution in [2.24, 2.45) is 0 Å². The molecule has 0 unspecified atom stereocenters. The molecule has 1 saturated heterocycles. The van der Waals surface area contributed by atoms with Crippen LogP contribution in [0.25, 0.3) is 5.65 Å². The maximum absolute atomic E-state index is 12.4. The molecule has 0 aromatic carbocycles. The van der Waals surface area contributed by atoms with Gasteiger partial charge in [0.25, 0.3) is 0 Å². The number of likely N-dealkylation sites (N-methyl/N-ethyl adjacent to an activating group) is 1. The number of carbonyl (C=O) groups is 1. The molecule has 7 nitrogen and oxygen atoms in total. The van der Waals surface area contributed by atoms with Gasteiger partial charge in [-0.05, 0) is 37.8 Å². The summed E-state index contributed by atoms with van der Waals surface area (Å²) in [5, 5.41) is 13.2. The minimum Gasteiger partial charge on any atom is -0.347 e. The van der Waals surface area contributed by atoms with E-state index in [-0.39, 0.29) is 11.9 Å². The van der Waals surface area contributed by atoms with Crippen LogP contribution in [0.3, 0.4) is 0 Å². The van der Waals surface area contributed by atoms with Gasteiger partial charge in [0.1, 0.15) is 11.9 Å². The van der Waals surface area contributed by atoms with Gasteiger partial charge >= 0.3 is 0 Å². The summed E-state index contributed by atoms with van der Waals surface area (Å²) in [7, 11) is 3.61. The lowest BCUT2D eigenvalue weighted by molar-refractivity contribution is -0.129. The van der Waals surface area contributed by atoms with Crippen LogP contribution in [0.2, 0.25) is 0 Å². The van der Waals surface area contributed by atoms with Gasteiger partial charge in [0.05, 0.1) is 0 Å². The Labute approximate surface area is 128 Å². The molecule has 22 heavy (non-hydrogen) atoms. The highest BCUT2D eigenvalue weighted by atomic mass is 16.2. The van der Waals surface area contributed by atoms with Gasteiger partial charge in [0.15, 0.2) is 11.5 Å². The van der Waals surface area contributed by atoms with Crippen LogP contribution < -0.4 is 4.90 Å².